The normalized spacial score (nSPS) is 30.3. The van der Waals surface area contributed by atoms with Gasteiger partial charge in [0.25, 0.3) is 0 Å². The van der Waals surface area contributed by atoms with Crippen LogP contribution in [-0.2, 0) is 19.1 Å². The van der Waals surface area contributed by atoms with E-state index in [9.17, 15) is 9.59 Å². The number of aromatic nitrogens is 1. The SMILES string of the molecule is CC(C)C[C@@H]1NCCN([C@@H](CC(C)C)C(=O)N2CCC3(C[C@@H]2C)OCC(c2ccccn2)CO3)C1=O. The van der Waals surface area contributed by atoms with Crippen molar-refractivity contribution in [1.82, 2.24) is 20.1 Å². The van der Waals surface area contributed by atoms with Gasteiger partial charge in [0, 0.05) is 56.3 Å². The van der Waals surface area contributed by atoms with Crippen LogP contribution < -0.4 is 5.32 Å². The number of carbonyl (C=O) groups excluding carboxylic acids is 2. The molecule has 36 heavy (non-hydrogen) atoms. The maximum atomic E-state index is 13.9. The fourth-order valence-electron chi connectivity index (χ4n) is 5.87. The van der Waals surface area contributed by atoms with E-state index < -0.39 is 11.8 Å². The number of piperazine rings is 1. The number of hydrogen-bond donors (Lipinski definition) is 1. The highest BCUT2D eigenvalue weighted by molar-refractivity contribution is 5.90. The molecule has 2 amide bonds. The number of hydrogen-bond acceptors (Lipinski definition) is 6. The molecule has 3 saturated heterocycles. The first kappa shape index (κ1) is 27.0. The summed E-state index contributed by atoms with van der Waals surface area (Å²) >= 11 is 0. The Morgan fingerprint density at radius 1 is 1.17 bits per heavy atom. The molecular formula is C28H44N4O4. The summed E-state index contributed by atoms with van der Waals surface area (Å²) in [6, 6.07) is 5.25. The molecule has 4 heterocycles. The Balaban J connectivity index is 1.41. The third kappa shape index (κ3) is 6.09. The van der Waals surface area contributed by atoms with Crippen LogP contribution in [0.5, 0.6) is 0 Å². The van der Waals surface area contributed by atoms with Gasteiger partial charge in [-0.15, -0.1) is 0 Å². The van der Waals surface area contributed by atoms with Crippen molar-refractivity contribution < 1.29 is 19.1 Å². The Hall–Kier alpha value is -2.03. The second-order valence-electron chi connectivity index (χ2n) is 11.6. The third-order valence-electron chi connectivity index (χ3n) is 7.74. The number of carbonyl (C=O) groups is 2. The molecule has 4 rings (SSSR count). The second kappa shape index (κ2) is 11.6. The van der Waals surface area contributed by atoms with Crippen molar-refractivity contribution in [3.63, 3.8) is 0 Å². The summed E-state index contributed by atoms with van der Waals surface area (Å²) < 4.78 is 12.6. The first-order chi connectivity index (χ1) is 17.2. The summed E-state index contributed by atoms with van der Waals surface area (Å²) in [6.07, 6.45) is 4.53. The highest BCUT2D eigenvalue weighted by atomic mass is 16.7. The molecule has 0 radical (unpaired) electrons. The zero-order valence-electron chi connectivity index (χ0n) is 22.6. The number of likely N-dealkylation sites (tertiary alicyclic amines) is 1. The first-order valence-electron chi connectivity index (χ1n) is 13.7. The predicted octanol–water partition coefficient (Wildman–Crippen LogP) is 3.18. The maximum Gasteiger partial charge on any atom is 0.245 e. The zero-order chi connectivity index (χ0) is 25.9. The van der Waals surface area contributed by atoms with Crippen LogP contribution in [0.1, 0.15) is 71.9 Å². The van der Waals surface area contributed by atoms with E-state index in [1.54, 1.807) is 6.20 Å². The van der Waals surface area contributed by atoms with Crippen molar-refractivity contribution in [2.75, 3.05) is 32.8 Å². The molecule has 1 aromatic heterocycles. The highest BCUT2D eigenvalue weighted by Crippen LogP contribution is 2.37. The number of piperidine rings is 1. The van der Waals surface area contributed by atoms with Crippen LogP contribution in [0.25, 0.3) is 0 Å². The maximum absolute atomic E-state index is 13.9. The molecule has 0 unspecified atom stereocenters. The molecule has 3 aliphatic heterocycles. The van der Waals surface area contributed by atoms with Gasteiger partial charge in [-0.3, -0.25) is 14.6 Å². The summed E-state index contributed by atoms with van der Waals surface area (Å²) in [5.41, 5.74) is 0.987. The molecule has 200 valence electrons. The van der Waals surface area contributed by atoms with Crippen molar-refractivity contribution in [3.8, 4) is 0 Å². The topological polar surface area (TPSA) is 84.0 Å². The molecular weight excluding hydrogens is 456 g/mol. The minimum absolute atomic E-state index is 0.0307. The van der Waals surface area contributed by atoms with Gasteiger partial charge < -0.3 is 24.6 Å². The van der Waals surface area contributed by atoms with E-state index in [4.69, 9.17) is 9.47 Å². The number of pyridine rings is 1. The van der Waals surface area contributed by atoms with Gasteiger partial charge in [-0.25, -0.2) is 0 Å². The monoisotopic (exact) mass is 500 g/mol. The van der Waals surface area contributed by atoms with Gasteiger partial charge in [0.15, 0.2) is 5.79 Å². The van der Waals surface area contributed by atoms with Crippen molar-refractivity contribution >= 4 is 11.8 Å². The lowest BCUT2D eigenvalue weighted by Gasteiger charge is -2.49. The van der Waals surface area contributed by atoms with Crippen LogP contribution >= 0.6 is 0 Å². The lowest BCUT2D eigenvalue weighted by atomic mass is 9.92. The quantitative estimate of drug-likeness (QED) is 0.619. The molecule has 0 saturated carbocycles. The van der Waals surface area contributed by atoms with Gasteiger partial charge in [0.1, 0.15) is 6.04 Å². The Morgan fingerprint density at radius 2 is 1.92 bits per heavy atom. The summed E-state index contributed by atoms with van der Waals surface area (Å²) in [5.74, 6) is 0.324. The molecule has 0 aromatic carbocycles. The van der Waals surface area contributed by atoms with Crippen LogP contribution in [-0.4, -0.2) is 83.4 Å². The lowest BCUT2D eigenvalue weighted by molar-refractivity contribution is -0.294. The third-order valence-corrected chi connectivity index (χ3v) is 7.74. The second-order valence-corrected chi connectivity index (χ2v) is 11.6. The van der Waals surface area contributed by atoms with Gasteiger partial charge in [-0.05, 0) is 43.7 Å². The standard InChI is InChI=1S/C28H44N4O4/c1-19(2)14-24-26(33)32(13-11-30-24)25(15-20(3)4)27(34)31-12-9-28(16-21(31)5)35-17-22(18-36-28)23-8-6-7-10-29-23/h6-8,10,19-22,24-25,30H,9,11-18H2,1-5H3/t21-,22?,24-,25-,28?/m0/s1. The van der Waals surface area contributed by atoms with Gasteiger partial charge in [-0.2, -0.15) is 0 Å². The van der Waals surface area contributed by atoms with Crippen molar-refractivity contribution in [2.45, 2.75) is 90.1 Å². The highest BCUT2D eigenvalue weighted by Gasteiger charge is 2.47. The summed E-state index contributed by atoms with van der Waals surface area (Å²) in [5, 5.41) is 3.37. The first-order valence-corrected chi connectivity index (χ1v) is 13.7. The minimum atomic E-state index is -0.651. The molecule has 1 N–H and O–H groups in total. The molecule has 3 fully saturated rings. The summed E-state index contributed by atoms with van der Waals surface area (Å²) in [6.45, 7) is 13.6. The molecule has 3 aliphatic rings. The number of amides is 2. The van der Waals surface area contributed by atoms with E-state index in [0.29, 0.717) is 57.4 Å². The zero-order valence-corrected chi connectivity index (χ0v) is 22.6. The minimum Gasteiger partial charge on any atom is -0.349 e. The largest absolute Gasteiger partial charge is 0.349 e. The molecule has 1 spiro atoms. The number of nitrogens with one attached hydrogen (secondary N) is 1. The molecule has 8 nitrogen and oxygen atoms in total. The molecule has 0 bridgehead atoms. The van der Waals surface area contributed by atoms with E-state index in [-0.39, 0.29) is 29.8 Å². The van der Waals surface area contributed by atoms with Crippen LogP contribution in [0.3, 0.4) is 0 Å². The number of ether oxygens (including phenoxy) is 2. The Bertz CT molecular complexity index is 885. The van der Waals surface area contributed by atoms with Crippen molar-refractivity contribution in [2.24, 2.45) is 11.8 Å². The van der Waals surface area contributed by atoms with Gasteiger partial charge in [0.2, 0.25) is 11.8 Å². The Kier molecular flexibility index (Phi) is 8.68. The molecule has 1 aromatic rings. The fraction of sp³-hybridized carbons (Fsp3) is 0.750. The molecule has 8 heteroatoms. The number of nitrogens with zero attached hydrogens (tertiary/aromatic N) is 3. The molecule has 0 aliphatic carbocycles. The van der Waals surface area contributed by atoms with Crippen molar-refractivity contribution in [3.05, 3.63) is 30.1 Å². The average Bonchev–Trinajstić information content (AvgIpc) is 2.84. The Labute approximate surface area is 216 Å². The van der Waals surface area contributed by atoms with E-state index in [1.807, 2.05) is 28.0 Å². The van der Waals surface area contributed by atoms with E-state index in [1.165, 1.54) is 0 Å². The number of rotatable bonds is 7. The summed E-state index contributed by atoms with van der Waals surface area (Å²) in [4.78, 5) is 35.6. The van der Waals surface area contributed by atoms with E-state index in [0.717, 1.165) is 18.7 Å². The fourth-order valence-corrected chi connectivity index (χ4v) is 5.87. The predicted molar refractivity (Wildman–Crippen MR) is 138 cm³/mol. The summed E-state index contributed by atoms with van der Waals surface area (Å²) in [7, 11) is 0. The average molecular weight is 501 g/mol. The lowest BCUT2D eigenvalue weighted by Crippen LogP contribution is -2.64. The van der Waals surface area contributed by atoms with E-state index in [2.05, 4.69) is 44.9 Å². The van der Waals surface area contributed by atoms with Gasteiger partial charge >= 0.3 is 0 Å². The van der Waals surface area contributed by atoms with E-state index >= 15 is 0 Å². The Morgan fingerprint density at radius 3 is 2.53 bits per heavy atom. The van der Waals surface area contributed by atoms with Crippen molar-refractivity contribution in [1.29, 1.82) is 0 Å². The molecule has 3 atom stereocenters. The smallest absolute Gasteiger partial charge is 0.245 e. The van der Waals surface area contributed by atoms with Gasteiger partial charge in [0.05, 0.1) is 19.3 Å². The van der Waals surface area contributed by atoms with Crippen LogP contribution in [0.2, 0.25) is 0 Å². The van der Waals surface area contributed by atoms with Crippen LogP contribution in [0.15, 0.2) is 24.4 Å². The van der Waals surface area contributed by atoms with Crippen LogP contribution in [0, 0.1) is 11.8 Å². The van der Waals surface area contributed by atoms with Crippen LogP contribution in [0.4, 0.5) is 0 Å². The van der Waals surface area contributed by atoms with Gasteiger partial charge in [-0.1, -0.05) is 33.8 Å².